The first-order chi connectivity index (χ1) is 13.9. The highest BCUT2D eigenvalue weighted by Gasteiger charge is 2.23. The summed E-state index contributed by atoms with van der Waals surface area (Å²) in [4.78, 5) is 24.1. The molecule has 2 atom stereocenters. The summed E-state index contributed by atoms with van der Waals surface area (Å²) in [5.41, 5.74) is 4.53. The van der Waals surface area contributed by atoms with Crippen molar-refractivity contribution in [3.05, 3.63) is 46.8 Å². The second-order valence-electron chi connectivity index (χ2n) is 8.03. The van der Waals surface area contributed by atoms with Crippen LogP contribution in [-0.4, -0.2) is 34.8 Å². The minimum absolute atomic E-state index is 0.0116. The Hall–Kier alpha value is -2.63. The van der Waals surface area contributed by atoms with Crippen LogP contribution in [0.15, 0.2) is 24.3 Å². The molecule has 6 heteroatoms. The monoisotopic (exact) mass is 397 g/mol. The summed E-state index contributed by atoms with van der Waals surface area (Å²) in [5, 5.41) is 7.82. The molecule has 1 N–H and O–H groups in total. The predicted octanol–water partition coefficient (Wildman–Crippen LogP) is 3.90. The Bertz CT molecular complexity index is 870. The normalized spacial score (nSPS) is 19.0. The van der Waals surface area contributed by atoms with E-state index in [1.165, 1.54) is 26.4 Å². The smallest absolute Gasteiger partial charge is 0.305 e. The number of esters is 1. The van der Waals surface area contributed by atoms with E-state index < -0.39 is 0 Å². The first-order valence-corrected chi connectivity index (χ1v) is 10.4. The van der Waals surface area contributed by atoms with E-state index in [1.807, 2.05) is 42.8 Å². The summed E-state index contributed by atoms with van der Waals surface area (Å²) in [6, 6.07) is 7.81. The van der Waals surface area contributed by atoms with Gasteiger partial charge in [-0.15, -0.1) is 0 Å². The van der Waals surface area contributed by atoms with Crippen LogP contribution in [0.5, 0.6) is 0 Å². The number of aromatic nitrogens is 2. The van der Waals surface area contributed by atoms with Gasteiger partial charge in [0.2, 0.25) is 0 Å². The molecule has 1 aromatic heterocycles. The largest absolute Gasteiger partial charge is 0.469 e. The standard InChI is InChI=1S/C23H31N3O3/c1-15-7-5-6-8-21(15)24-23(28)18-9-11-19(12-10-18)26-17(3)20(16(2)25-26)13-14-22(27)29-4/h9-12,15,21H,5-8,13-14H2,1-4H3,(H,24,28)/t15-,21-/m1/s1. The lowest BCUT2D eigenvalue weighted by molar-refractivity contribution is -0.140. The van der Waals surface area contributed by atoms with Crippen molar-refractivity contribution in [3.8, 4) is 5.69 Å². The van der Waals surface area contributed by atoms with Crippen LogP contribution in [0.3, 0.4) is 0 Å². The van der Waals surface area contributed by atoms with E-state index in [2.05, 4.69) is 17.3 Å². The van der Waals surface area contributed by atoms with Crippen molar-refractivity contribution in [2.45, 2.75) is 65.3 Å². The number of carbonyl (C=O) groups is 2. The van der Waals surface area contributed by atoms with Crippen molar-refractivity contribution in [1.82, 2.24) is 15.1 Å². The Labute approximate surface area is 172 Å². The average molecular weight is 398 g/mol. The average Bonchev–Trinajstić information content (AvgIpc) is 3.01. The van der Waals surface area contributed by atoms with E-state index in [1.54, 1.807) is 0 Å². The lowest BCUT2D eigenvalue weighted by Crippen LogP contribution is -2.41. The van der Waals surface area contributed by atoms with Gasteiger partial charge in [0.05, 0.1) is 18.5 Å². The molecular weight excluding hydrogens is 366 g/mol. The van der Waals surface area contributed by atoms with Crippen LogP contribution in [0.1, 0.15) is 66.3 Å². The Morgan fingerprint density at radius 3 is 2.52 bits per heavy atom. The zero-order chi connectivity index (χ0) is 21.0. The van der Waals surface area contributed by atoms with Gasteiger partial charge in [-0.3, -0.25) is 9.59 Å². The highest BCUT2D eigenvalue weighted by atomic mass is 16.5. The fourth-order valence-electron chi connectivity index (χ4n) is 4.15. The van der Waals surface area contributed by atoms with Crippen LogP contribution in [0.25, 0.3) is 5.69 Å². The number of carbonyl (C=O) groups excluding carboxylic acids is 2. The van der Waals surface area contributed by atoms with Crippen LogP contribution < -0.4 is 5.32 Å². The Balaban J connectivity index is 1.71. The van der Waals surface area contributed by atoms with Gasteiger partial charge in [-0.25, -0.2) is 4.68 Å². The molecule has 3 rings (SSSR count). The zero-order valence-electron chi connectivity index (χ0n) is 17.8. The molecule has 0 aliphatic heterocycles. The molecule has 1 aliphatic rings. The Morgan fingerprint density at radius 1 is 1.17 bits per heavy atom. The van der Waals surface area contributed by atoms with Crippen LogP contribution in [0, 0.1) is 19.8 Å². The van der Waals surface area contributed by atoms with Gasteiger partial charge in [-0.2, -0.15) is 5.10 Å². The van der Waals surface area contributed by atoms with Gasteiger partial charge in [-0.1, -0.05) is 19.8 Å². The lowest BCUT2D eigenvalue weighted by atomic mass is 9.86. The Kier molecular flexibility index (Phi) is 6.72. The van der Waals surface area contributed by atoms with E-state index in [9.17, 15) is 9.59 Å². The minimum atomic E-state index is -0.223. The van der Waals surface area contributed by atoms with Crippen molar-refractivity contribution in [1.29, 1.82) is 0 Å². The maximum Gasteiger partial charge on any atom is 0.305 e. The number of hydrogen-bond donors (Lipinski definition) is 1. The van der Waals surface area contributed by atoms with Gasteiger partial charge in [-0.05, 0) is 68.9 Å². The topological polar surface area (TPSA) is 73.2 Å². The molecule has 1 aliphatic carbocycles. The van der Waals surface area contributed by atoms with Gasteiger partial charge in [0, 0.05) is 23.7 Å². The zero-order valence-corrected chi connectivity index (χ0v) is 17.8. The van der Waals surface area contributed by atoms with E-state index in [4.69, 9.17) is 4.74 Å². The van der Waals surface area contributed by atoms with Crippen molar-refractivity contribution in [2.75, 3.05) is 7.11 Å². The van der Waals surface area contributed by atoms with Crippen LogP contribution in [0.2, 0.25) is 0 Å². The number of ether oxygens (including phenoxy) is 1. The maximum absolute atomic E-state index is 12.6. The molecular formula is C23H31N3O3. The summed E-state index contributed by atoms with van der Waals surface area (Å²) < 4.78 is 6.60. The van der Waals surface area contributed by atoms with Gasteiger partial charge < -0.3 is 10.1 Å². The number of methoxy groups -OCH3 is 1. The summed E-state index contributed by atoms with van der Waals surface area (Å²) in [5.74, 6) is 0.298. The lowest BCUT2D eigenvalue weighted by Gasteiger charge is -2.29. The van der Waals surface area contributed by atoms with E-state index in [0.29, 0.717) is 24.3 Å². The van der Waals surface area contributed by atoms with Gasteiger partial charge in [0.15, 0.2) is 0 Å². The molecule has 0 bridgehead atoms. The molecule has 0 saturated heterocycles. The second-order valence-corrected chi connectivity index (χ2v) is 8.03. The number of nitrogens with one attached hydrogen (secondary N) is 1. The van der Waals surface area contributed by atoms with Gasteiger partial charge in [0.1, 0.15) is 0 Å². The molecule has 1 heterocycles. The van der Waals surface area contributed by atoms with Crippen molar-refractivity contribution >= 4 is 11.9 Å². The van der Waals surface area contributed by atoms with Crippen molar-refractivity contribution in [2.24, 2.45) is 5.92 Å². The van der Waals surface area contributed by atoms with Gasteiger partial charge >= 0.3 is 5.97 Å². The van der Waals surface area contributed by atoms with E-state index in [0.717, 1.165) is 29.1 Å². The molecule has 0 unspecified atom stereocenters. The third-order valence-corrected chi connectivity index (χ3v) is 6.05. The molecule has 1 amide bonds. The van der Waals surface area contributed by atoms with Crippen LogP contribution >= 0.6 is 0 Å². The van der Waals surface area contributed by atoms with E-state index >= 15 is 0 Å². The highest BCUT2D eigenvalue weighted by molar-refractivity contribution is 5.94. The molecule has 29 heavy (non-hydrogen) atoms. The number of hydrogen-bond acceptors (Lipinski definition) is 4. The summed E-state index contributed by atoms with van der Waals surface area (Å²) in [6.07, 6.45) is 5.62. The third kappa shape index (κ3) is 4.86. The maximum atomic E-state index is 12.6. The third-order valence-electron chi connectivity index (χ3n) is 6.05. The molecule has 156 valence electrons. The molecule has 1 fully saturated rings. The Morgan fingerprint density at radius 2 is 1.86 bits per heavy atom. The molecule has 6 nitrogen and oxygen atoms in total. The summed E-state index contributed by atoms with van der Waals surface area (Å²) in [6.45, 7) is 6.16. The first-order valence-electron chi connectivity index (χ1n) is 10.4. The molecule has 1 aromatic carbocycles. The molecule has 2 aromatic rings. The fraction of sp³-hybridized carbons (Fsp3) is 0.522. The predicted molar refractivity (Wildman–Crippen MR) is 112 cm³/mol. The SMILES string of the molecule is COC(=O)CCc1c(C)nn(-c2ccc(C(=O)N[C@@H]3CCCC[C@H]3C)cc2)c1C. The van der Waals surface area contributed by atoms with E-state index in [-0.39, 0.29) is 17.9 Å². The van der Waals surface area contributed by atoms with Crippen LogP contribution in [0.4, 0.5) is 0 Å². The number of nitrogens with zero attached hydrogens (tertiary/aromatic N) is 2. The van der Waals surface area contributed by atoms with Crippen LogP contribution in [-0.2, 0) is 16.0 Å². The highest BCUT2D eigenvalue weighted by Crippen LogP contribution is 2.24. The summed E-state index contributed by atoms with van der Waals surface area (Å²) >= 11 is 0. The minimum Gasteiger partial charge on any atom is -0.469 e. The number of rotatable bonds is 6. The number of benzene rings is 1. The molecule has 1 saturated carbocycles. The molecule has 0 radical (unpaired) electrons. The first kappa shape index (κ1) is 21.1. The number of amides is 1. The summed E-state index contributed by atoms with van der Waals surface area (Å²) in [7, 11) is 1.40. The second kappa shape index (κ2) is 9.25. The number of aryl methyl sites for hydroxylation is 1. The fourth-order valence-corrected chi connectivity index (χ4v) is 4.15. The quantitative estimate of drug-likeness (QED) is 0.750. The molecule has 0 spiro atoms. The van der Waals surface area contributed by atoms with Crippen molar-refractivity contribution < 1.29 is 14.3 Å². The van der Waals surface area contributed by atoms with Gasteiger partial charge in [0.25, 0.3) is 5.91 Å². The van der Waals surface area contributed by atoms with Crippen molar-refractivity contribution in [3.63, 3.8) is 0 Å².